The third kappa shape index (κ3) is 2.96. The van der Waals surface area contributed by atoms with Crippen molar-refractivity contribution in [3.63, 3.8) is 0 Å². The number of hydrogen-bond acceptors (Lipinski definition) is 3. The first-order valence-corrected chi connectivity index (χ1v) is 7.28. The van der Waals surface area contributed by atoms with E-state index in [1.807, 2.05) is 0 Å². The summed E-state index contributed by atoms with van der Waals surface area (Å²) in [5.41, 5.74) is -0.393. The maximum Gasteiger partial charge on any atom is 0.269 e. The molecule has 1 aromatic carbocycles. The van der Waals surface area contributed by atoms with Crippen molar-refractivity contribution in [2.75, 3.05) is 7.05 Å². The first-order chi connectivity index (χ1) is 9.58. The van der Waals surface area contributed by atoms with Crippen LogP contribution in [0.5, 0.6) is 0 Å². The molecule has 1 aliphatic carbocycles. The summed E-state index contributed by atoms with van der Waals surface area (Å²) in [6.07, 6.45) is 0.384. The van der Waals surface area contributed by atoms with E-state index in [2.05, 4.69) is 0 Å². The third-order valence-electron chi connectivity index (χ3n) is 3.72. The van der Waals surface area contributed by atoms with Gasteiger partial charge in [0.2, 0.25) is 5.91 Å². The van der Waals surface area contributed by atoms with E-state index in [0.717, 1.165) is 0 Å². The molecule has 2 rings (SSSR count). The highest BCUT2D eigenvalue weighted by Gasteiger charge is 2.68. The molecule has 0 N–H and O–H groups in total. The number of carbonyl (C=O) groups excluding carboxylic acids is 1. The zero-order valence-electron chi connectivity index (χ0n) is 11.4. The monoisotopic (exact) mass is 350 g/mol. The Hall–Kier alpha value is -1.04. The van der Waals surface area contributed by atoms with Gasteiger partial charge in [-0.05, 0) is 25.0 Å². The first-order valence-electron chi connectivity index (χ1n) is 6.15. The van der Waals surface area contributed by atoms with Gasteiger partial charge < -0.3 is 4.90 Å². The Kier molecular flexibility index (Phi) is 4.12. The maximum absolute atomic E-state index is 12.4. The lowest BCUT2D eigenvalue weighted by molar-refractivity contribution is -0.384. The van der Waals surface area contributed by atoms with Gasteiger partial charge in [-0.25, -0.2) is 0 Å². The van der Waals surface area contributed by atoms with Crippen LogP contribution in [0.2, 0.25) is 5.02 Å². The topological polar surface area (TPSA) is 63.4 Å². The number of benzene rings is 1. The fourth-order valence-electron chi connectivity index (χ4n) is 2.18. The molecule has 0 bridgehead atoms. The molecular formula is C13H13Cl3N2O3. The normalized spacial score (nSPS) is 22.7. The standard InChI is InChI=1S/C13H13Cl3N2O3/c1-12(7-13(12,15)16)11(19)17(2)6-8-5-9(18(20)21)3-4-10(8)14/h3-5H,6-7H2,1-2H3. The third-order valence-corrected chi connectivity index (χ3v) is 5.19. The lowest BCUT2D eigenvalue weighted by Crippen LogP contribution is -2.34. The number of nitro benzene ring substituents is 1. The minimum atomic E-state index is -1.05. The fraction of sp³-hybridized carbons (Fsp3) is 0.462. The number of amides is 1. The zero-order valence-corrected chi connectivity index (χ0v) is 13.7. The van der Waals surface area contributed by atoms with Crippen molar-refractivity contribution in [1.29, 1.82) is 0 Å². The summed E-state index contributed by atoms with van der Waals surface area (Å²) in [6, 6.07) is 4.12. The van der Waals surface area contributed by atoms with E-state index in [-0.39, 0.29) is 18.1 Å². The number of halogens is 3. The smallest absolute Gasteiger partial charge is 0.269 e. The highest BCUT2D eigenvalue weighted by Crippen LogP contribution is 2.64. The molecule has 0 radical (unpaired) electrons. The van der Waals surface area contributed by atoms with E-state index >= 15 is 0 Å². The van der Waals surface area contributed by atoms with Gasteiger partial charge in [-0.2, -0.15) is 0 Å². The molecule has 5 nitrogen and oxygen atoms in total. The Labute approximate surface area is 136 Å². The van der Waals surface area contributed by atoms with Gasteiger partial charge in [-0.1, -0.05) is 11.6 Å². The number of non-ortho nitro benzene ring substituents is 1. The van der Waals surface area contributed by atoms with Crippen LogP contribution in [0.1, 0.15) is 18.9 Å². The molecular weight excluding hydrogens is 339 g/mol. The fourth-order valence-corrected chi connectivity index (χ4v) is 3.05. The Morgan fingerprint density at radius 2 is 2.05 bits per heavy atom. The Balaban J connectivity index is 2.17. The molecule has 1 aromatic rings. The van der Waals surface area contributed by atoms with Crippen LogP contribution in [0, 0.1) is 15.5 Å². The molecule has 0 aliphatic heterocycles. The Morgan fingerprint density at radius 3 is 2.52 bits per heavy atom. The van der Waals surface area contributed by atoms with Crippen LogP contribution in [0.3, 0.4) is 0 Å². The number of nitrogens with zero attached hydrogens (tertiary/aromatic N) is 2. The van der Waals surface area contributed by atoms with Crippen molar-refractivity contribution >= 4 is 46.4 Å². The van der Waals surface area contributed by atoms with E-state index in [1.54, 1.807) is 14.0 Å². The highest BCUT2D eigenvalue weighted by molar-refractivity contribution is 6.53. The number of alkyl halides is 2. The van der Waals surface area contributed by atoms with Crippen LogP contribution < -0.4 is 0 Å². The van der Waals surface area contributed by atoms with Crippen LogP contribution in [0.25, 0.3) is 0 Å². The molecule has 21 heavy (non-hydrogen) atoms. The van der Waals surface area contributed by atoms with Crippen molar-refractivity contribution in [3.8, 4) is 0 Å². The minimum Gasteiger partial charge on any atom is -0.341 e. The molecule has 1 saturated carbocycles. The van der Waals surface area contributed by atoms with Gasteiger partial charge in [-0.3, -0.25) is 14.9 Å². The second-order valence-electron chi connectivity index (χ2n) is 5.41. The number of rotatable bonds is 4. The SMILES string of the molecule is CN(Cc1cc([N+](=O)[O-])ccc1Cl)C(=O)C1(C)CC1(Cl)Cl. The molecule has 0 saturated heterocycles. The molecule has 1 aliphatic rings. The van der Waals surface area contributed by atoms with Crippen molar-refractivity contribution in [2.45, 2.75) is 24.2 Å². The van der Waals surface area contributed by atoms with Crippen molar-refractivity contribution < 1.29 is 9.72 Å². The molecule has 0 spiro atoms. The molecule has 114 valence electrons. The minimum absolute atomic E-state index is 0.0723. The summed E-state index contributed by atoms with van der Waals surface area (Å²) in [4.78, 5) is 24.1. The van der Waals surface area contributed by atoms with Gasteiger partial charge in [0.05, 0.1) is 10.3 Å². The lowest BCUT2D eigenvalue weighted by Gasteiger charge is -2.22. The van der Waals surface area contributed by atoms with E-state index in [0.29, 0.717) is 17.0 Å². The van der Waals surface area contributed by atoms with Crippen molar-refractivity contribution in [3.05, 3.63) is 38.9 Å². The van der Waals surface area contributed by atoms with Gasteiger partial charge in [0.15, 0.2) is 0 Å². The Morgan fingerprint density at radius 1 is 1.48 bits per heavy atom. The highest BCUT2D eigenvalue weighted by atomic mass is 35.5. The summed E-state index contributed by atoms with van der Waals surface area (Å²) in [7, 11) is 1.59. The van der Waals surface area contributed by atoms with Crippen molar-refractivity contribution in [1.82, 2.24) is 4.90 Å². The molecule has 8 heteroatoms. The zero-order chi connectivity index (χ0) is 16.0. The largest absolute Gasteiger partial charge is 0.341 e. The van der Waals surface area contributed by atoms with Gasteiger partial charge in [0.1, 0.15) is 4.33 Å². The molecule has 1 fully saturated rings. The molecule has 1 amide bonds. The van der Waals surface area contributed by atoms with Gasteiger partial charge in [0.25, 0.3) is 5.69 Å². The van der Waals surface area contributed by atoms with Gasteiger partial charge in [-0.15, -0.1) is 23.2 Å². The number of nitro groups is 1. The average Bonchev–Trinajstić information content (AvgIpc) is 2.91. The average molecular weight is 352 g/mol. The predicted octanol–water partition coefficient (Wildman–Crippen LogP) is 3.79. The molecule has 0 aromatic heterocycles. The van der Waals surface area contributed by atoms with E-state index < -0.39 is 14.7 Å². The van der Waals surface area contributed by atoms with Crippen LogP contribution in [0.4, 0.5) is 5.69 Å². The van der Waals surface area contributed by atoms with Crippen LogP contribution >= 0.6 is 34.8 Å². The quantitative estimate of drug-likeness (QED) is 0.471. The number of carbonyl (C=O) groups is 1. The summed E-state index contributed by atoms with van der Waals surface area (Å²) >= 11 is 18.0. The summed E-state index contributed by atoms with van der Waals surface area (Å²) in [6.45, 7) is 1.85. The first kappa shape index (κ1) is 16.3. The number of hydrogen-bond donors (Lipinski definition) is 0. The van der Waals surface area contributed by atoms with Gasteiger partial charge in [0, 0.05) is 30.7 Å². The Bertz CT molecular complexity index is 621. The summed E-state index contributed by atoms with van der Waals surface area (Å²) in [5.74, 6) is -0.213. The lowest BCUT2D eigenvalue weighted by atomic mass is 10.1. The van der Waals surface area contributed by atoms with Crippen LogP contribution in [-0.2, 0) is 11.3 Å². The van der Waals surface area contributed by atoms with E-state index in [1.165, 1.54) is 23.1 Å². The summed E-state index contributed by atoms with van der Waals surface area (Å²) in [5, 5.41) is 11.2. The summed E-state index contributed by atoms with van der Waals surface area (Å²) < 4.78 is -1.05. The molecule has 1 unspecified atom stereocenters. The maximum atomic E-state index is 12.4. The second kappa shape index (κ2) is 5.30. The predicted molar refractivity (Wildman–Crippen MR) is 81.7 cm³/mol. The van der Waals surface area contributed by atoms with Crippen LogP contribution in [-0.4, -0.2) is 27.1 Å². The van der Waals surface area contributed by atoms with Gasteiger partial charge >= 0.3 is 0 Å². The molecule has 0 heterocycles. The molecule has 1 atom stereocenters. The van der Waals surface area contributed by atoms with E-state index in [4.69, 9.17) is 34.8 Å². The second-order valence-corrected chi connectivity index (χ2v) is 7.30. The van der Waals surface area contributed by atoms with Crippen LogP contribution in [0.15, 0.2) is 18.2 Å². The van der Waals surface area contributed by atoms with Crippen molar-refractivity contribution in [2.24, 2.45) is 5.41 Å². The van der Waals surface area contributed by atoms with E-state index in [9.17, 15) is 14.9 Å².